The van der Waals surface area contributed by atoms with Crippen LogP contribution in [0.15, 0.2) is 0 Å². The van der Waals surface area contributed by atoms with Gasteiger partial charge in [-0.25, -0.2) is 0 Å². The Morgan fingerprint density at radius 3 is 1.86 bits per heavy atom. The molecule has 0 aromatic carbocycles. The molecule has 0 aliphatic carbocycles. The summed E-state index contributed by atoms with van der Waals surface area (Å²) in [4.78, 5) is 0. The van der Waals surface area contributed by atoms with Crippen LogP contribution in [0.1, 0.15) is 0 Å². The fourth-order valence-electron chi connectivity index (χ4n) is 0.207. The van der Waals surface area contributed by atoms with Crippen LogP contribution < -0.4 is 0 Å². The molecule has 0 nitrogen and oxygen atoms in total. The smallest absolute Gasteiger partial charge is 0.0269 e. The second-order valence-electron chi connectivity index (χ2n) is 1.01. The van der Waals surface area contributed by atoms with Gasteiger partial charge in [-0.1, -0.05) is 8.58 Å². The molecule has 0 fully saturated rings. The minimum Gasteiger partial charge on any atom is -0.120 e. The summed E-state index contributed by atoms with van der Waals surface area (Å²) in [7, 11) is 0.760. The van der Waals surface area contributed by atoms with E-state index in [2.05, 4.69) is 11.8 Å². The summed E-state index contributed by atoms with van der Waals surface area (Å²) in [5, 5.41) is 0. The van der Waals surface area contributed by atoms with Crippen LogP contribution in [0.4, 0.5) is 0 Å². The Morgan fingerprint density at radius 2 is 1.57 bits per heavy atom. The first kappa shape index (κ1) is 6.55. The highest BCUT2D eigenvalue weighted by Crippen LogP contribution is 2.04. The van der Waals surface area contributed by atoms with Gasteiger partial charge in [0, 0.05) is 12.3 Å². The number of hydrogen-bond acceptors (Lipinski definition) is 0. The third kappa shape index (κ3) is 5.55. The Morgan fingerprint density at radius 1 is 1.14 bits per heavy atom. The van der Waals surface area contributed by atoms with E-state index in [0.29, 0.717) is 0 Å². The predicted octanol–water partition coefficient (Wildman–Crippen LogP) is 0.931. The molecule has 7 heavy (non-hydrogen) atoms. The minimum absolute atomic E-state index is 0.760. The van der Waals surface area contributed by atoms with E-state index < -0.39 is 0 Å². The Bertz CT molecular complexity index is 88.3. The average molecular weight is 110 g/mol. The van der Waals surface area contributed by atoms with Gasteiger partial charge in [0.15, 0.2) is 0 Å². The molecule has 0 rings (SSSR count). The van der Waals surface area contributed by atoms with Crippen LogP contribution >= 0.6 is 8.58 Å². The SMILES string of the molecule is C#CCPCC#C. The number of terminal acetylenes is 2. The Labute approximate surface area is 46.5 Å². The van der Waals surface area contributed by atoms with E-state index in [-0.39, 0.29) is 0 Å². The summed E-state index contributed by atoms with van der Waals surface area (Å²) in [6.45, 7) is 0. The molecule has 0 amide bonds. The maximum absolute atomic E-state index is 4.96. The quantitative estimate of drug-likeness (QED) is 0.282. The van der Waals surface area contributed by atoms with Gasteiger partial charge in [-0.15, -0.1) is 24.7 Å². The molecule has 36 valence electrons. The van der Waals surface area contributed by atoms with Crippen LogP contribution in [-0.4, -0.2) is 12.3 Å². The highest BCUT2D eigenvalue weighted by molar-refractivity contribution is 7.38. The normalized spacial score (nSPS) is 6.57. The summed E-state index contributed by atoms with van der Waals surface area (Å²) >= 11 is 0. The highest BCUT2D eigenvalue weighted by atomic mass is 31.1. The fourth-order valence-corrected chi connectivity index (χ4v) is 0.621. The van der Waals surface area contributed by atoms with Gasteiger partial charge in [-0.3, -0.25) is 0 Å². The van der Waals surface area contributed by atoms with E-state index in [1.807, 2.05) is 0 Å². The van der Waals surface area contributed by atoms with Crippen LogP contribution in [0.2, 0.25) is 0 Å². The van der Waals surface area contributed by atoms with Gasteiger partial charge in [0.2, 0.25) is 0 Å². The second-order valence-corrected chi connectivity index (χ2v) is 2.22. The summed E-state index contributed by atoms with van der Waals surface area (Å²) in [5.74, 6) is 5.04. The molecule has 0 aliphatic heterocycles. The third-order valence-electron chi connectivity index (χ3n) is 0.454. The van der Waals surface area contributed by atoms with E-state index in [1.54, 1.807) is 0 Å². The zero-order valence-electron chi connectivity index (χ0n) is 4.07. The molecular weight excluding hydrogens is 103 g/mol. The molecule has 1 heteroatoms. The maximum atomic E-state index is 4.96. The molecule has 0 atom stereocenters. The zero-order valence-corrected chi connectivity index (χ0v) is 5.07. The van der Waals surface area contributed by atoms with Crippen molar-refractivity contribution in [2.45, 2.75) is 0 Å². The van der Waals surface area contributed by atoms with Gasteiger partial charge in [0.25, 0.3) is 0 Å². The van der Waals surface area contributed by atoms with Gasteiger partial charge in [0.05, 0.1) is 0 Å². The molecule has 0 aromatic rings. The molecule has 0 spiro atoms. The molecule has 0 saturated carbocycles. The van der Waals surface area contributed by atoms with Crippen LogP contribution in [-0.2, 0) is 0 Å². The number of hydrogen-bond donors (Lipinski definition) is 0. The first-order valence-electron chi connectivity index (χ1n) is 1.99. The van der Waals surface area contributed by atoms with Crippen molar-refractivity contribution in [2.24, 2.45) is 0 Å². The van der Waals surface area contributed by atoms with Gasteiger partial charge in [-0.05, 0) is 0 Å². The van der Waals surface area contributed by atoms with Crippen LogP contribution in [0.5, 0.6) is 0 Å². The van der Waals surface area contributed by atoms with Crippen molar-refractivity contribution in [3.63, 3.8) is 0 Å². The zero-order chi connectivity index (χ0) is 5.54. The lowest BCUT2D eigenvalue weighted by atomic mass is 10.8. The topological polar surface area (TPSA) is 0 Å². The molecule has 0 N–H and O–H groups in total. The van der Waals surface area contributed by atoms with Gasteiger partial charge in [-0.2, -0.15) is 0 Å². The van der Waals surface area contributed by atoms with Gasteiger partial charge in [0.1, 0.15) is 0 Å². The molecule has 0 radical (unpaired) electrons. The van der Waals surface area contributed by atoms with Crippen molar-refractivity contribution < 1.29 is 0 Å². The van der Waals surface area contributed by atoms with Crippen molar-refractivity contribution in [3.8, 4) is 24.7 Å². The monoisotopic (exact) mass is 110 g/mol. The summed E-state index contributed by atoms with van der Waals surface area (Å²) in [6.07, 6.45) is 11.6. The van der Waals surface area contributed by atoms with Crippen molar-refractivity contribution in [1.82, 2.24) is 0 Å². The van der Waals surface area contributed by atoms with Gasteiger partial charge < -0.3 is 0 Å². The van der Waals surface area contributed by atoms with Gasteiger partial charge >= 0.3 is 0 Å². The Balaban J connectivity index is 2.77. The first-order valence-corrected chi connectivity index (χ1v) is 3.41. The molecule has 0 aromatic heterocycles. The number of rotatable bonds is 2. The summed E-state index contributed by atoms with van der Waals surface area (Å²) < 4.78 is 0. The van der Waals surface area contributed by atoms with Crippen molar-refractivity contribution >= 4 is 8.58 Å². The molecule has 0 aliphatic rings. The van der Waals surface area contributed by atoms with E-state index in [0.717, 1.165) is 20.9 Å². The Kier molecular flexibility index (Phi) is 5.19. The minimum atomic E-state index is 0.760. The third-order valence-corrected chi connectivity index (χ3v) is 1.36. The summed E-state index contributed by atoms with van der Waals surface area (Å²) in [6, 6.07) is 0. The largest absolute Gasteiger partial charge is 0.120 e. The molecule has 0 heterocycles. The van der Waals surface area contributed by atoms with E-state index in [4.69, 9.17) is 12.8 Å². The Hall–Kier alpha value is -0.450. The molecule has 0 saturated heterocycles. The van der Waals surface area contributed by atoms with Crippen molar-refractivity contribution in [1.29, 1.82) is 0 Å². The average Bonchev–Trinajstić information content (AvgIpc) is 1.69. The lowest BCUT2D eigenvalue weighted by Crippen LogP contribution is -1.67. The van der Waals surface area contributed by atoms with Crippen LogP contribution in [0, 0.1) is 24.7 Å². The van der Waals surface area contributed by atoms with Crippen molar-refractivity contribution in [3.05, 3.63) is 0 Å². The van der Waals surface area contributed by atoms with E-state index >= 15 is 0 Å². The fraction of sp³-hybridized carbons (Fsp3) is 0.333. The lowest BCUT2D eigenvalue weighted by molar-refractivity contribution is 1.83. The maximum Gasteiger partial charge on any atom is 0.0269 e. The second kappa shape index (κ2) is 5.55. The first-order chi connectivity index (χ1) is 3.41. The predicted molar refractivity (Wildman–Crippen MR) is 35.7 cm³/mol. The molecule has 0 unspecified atom stereocenters. The lowest BCUT2D eigenvalue weighted by Gasteiger charge is -1.81. The molecular formula is C6H7P. The standard InChI is InChI=1S/C6H7P/c1-3-5-7-6-4-2/h1-2,7H,5-6H2. The van der Waals surface area contributed by atoms with Crippen LogP contribution in [0.3, 0.4) is 0 Å². The van der Waals surface area contributed by atoms with Crippen molar-refractivity contribution in [2.75, 3.05) is 12.3 Å². The highest BCUT2D eigenvalue weighted by Gasteiger charge is 1.73. The van der Waals surface area contributed by atoms with Crippen LogP contribution in [0.25, 0.3) is 0 Å². The van der Waals surface area contributed by atoms with E-state index in [9.17, 15) is 0 Å². The molecule has 0 bridgehead atoms. The summed E-state index contributed by atoms with van der Waals surface area (Å²) in [5.41, 5.74) is 0. The van der Waals surface area contributed by atoms with E-state index in [1.165, 1.54) is 0 Å².